The van der Waals surface area contributed by atoms with Crippen LogP contribution in [0.5, 0.6) is 0 Å². The van der Waals surface area contributed by atoms with Crippen LogP contribution in [0, 0.1) is 17.0 Å². The molecule has 0 saturated carbocycles. The van der Waals surface area contributed by atoms with Crippen LogP contribution in [0.1, 0.15) is 5.56 Å². The third kappa shape index (κ3) is 3.12. The van der Waals surface area contributed by atoms with Crippen molar-refractivity contribution in [3.05, 3.63) is 58.1 Å². The number of nitrogens with two attached hydrogens (primary N) is 1. The van der Waals surface area contributed by atoms with Crippen LogP contribution in [0.4, 0.5) is 22.7 Å². The fourth-order valence-electron chi connectivity index (χ4n) is 1.48. The average molecular weight is 256 g/mol. The molecule has 0 unspecified atom stereocenters. The van der Waals surface area contributed by atoms with Crippen molar-refractivity contribution in [2.45, 2.75) is 6.92 Å². The highest BCUT2D eigenvalue weighted by atomic mass is 16.6. The summed E-state index contributed by atoms with van der Waals surface area (Å²) in [7, 11) is 0. The number of hydrogen-bond acceptors (Lipinski definition) is 5. The zero-order valence-electron chi connectivity index (χ0n) is 10.3. The van der Waals surface area contributed by atoms with E-state index in [2.05, 4.69) is 10.2 Å². The Morgan fingerprint density at radius 1 is 1.05 bits per heavy atom. The molecule has 2 aromatic carbocycles. The van der Waals surface area contributed by atoms with E-state index < -0.39 is 4.92 Å². The van der Waals surface area contributed by atoms with Gasteiger partial charge in [-0.2, -0.15) is 10.2 Å². The van der Waals surface area contributed by atoms with Crippen LogP contribution < -0.4 is 5.73 Å². The van der Waals surface area contributed by atoms with Crippen LogP contribution in [-0.2, 0) is 0 Å². The molecule has 0 fully saturated rings. The van der Waals surface area contributed by atoms with Gasteiger partial charge < -0.3 is 5.73 Å². The van der Waals surface area contributed by atoms with Crippen molar-refractivity contribution in [3.63, 3.8) is 0 Å². The van der Waals surface area contributed by atoms with E-state index in [1.54, 1.807) is 6.07 Å². The van der Waals surface area contributed by atoms with Gasteiger partial charge in [0.15, 0.2) is 0 Å². The molecular weight excluding hydrogens is 244 g/mol. The van der Waals surface area contributed by atoms with Gasteiger partial charge in [-0.05, 0) is 31.2 Å². The van der Waals surface area contributed by atoms with Crippen LogP contribution in [-0.4, -0.2) is 4.92 Å². The molecule has 6 heteroatoms. The molecule has 0 spiro atoms. The largest absolute Gasteiger partial charge is 0.393 e. The summed E-state index contributed by atoms with van der Waals surface area (Å²) >= 11 is 0. The van der Waals surface area contributed by atoms with Crippen LogP contribution in [0.2, 0.25) is 0 Å². The Labute approximate surface area is 109 Å². The molecule has 0 aliphatic rings. The highest BCUT2D eigenvalue weighted by Gasteiger charge is 2.11. The lowest BCUT2D eigenvalue weighted by atomic mass is 10.2. The monoisotopic (exact) mass is 256 g/mol. The van der Waals surface area contributed by atoms with E-state index in [9.17, 15) is 10.1 Å². The van der Waals surface area contributed by atoms with E-state index in [0.29, 0.717) is 11.4 Å². The normalized spacial score (nSPS) is 10.8. The maximum atomic E-state index is 10.7. The standard InChI is InChI=1S/C13H12N4O2/c1-9-2-4-10(5-3-9)15-16-11-6-7-12(14)13(8-11)17(18)19/h2-8H,14H2,1H3. The molecule has 0 radical (unpaired) electrons. The Morgan fingerprint density at radius 3 is 2.26 bits per heavy atom. The quantitative estimate of drug-likeness (QED) is 0.390. The molecule has 0 atom stereocenters. The second-order valence-corrected chi connectivity index (χ2v) is 4.04. The summed E-state index contributed by atoms with van der Waals surface area (Å²) in [5.41, 5.74) is 7.65. The number of hydrogen-bond donors (Lipinski definition) is 1. The van der Waals surface area contributed by atoms with Crippen molar-refractivity contribution in [1.82, 2.24) is 0 Å². The first-order chi connectivity index (χ1) is 9.06. The Hall–Kier alpha value is -2.76. The van der Waals surface area contributed by atoms with E-state index in [1.807, 2.05) is 31.2 Å². The number of nitro groups is 1. The van der Waals surface area contributed by atoms with Crippen LogP contribution >= 0.6 is 0 Å². The molecule has 0 aliphatic heterocycles. The second-order valence-electron chi connectivity index (χ2n) is 4.04. The van der Waals surface area contributed by atoms with Crippen molar-refractivity contribution in [2.75, 3.05) is 5.73 Å². The molecule has 0 saturated heterocycles. The lowest BCUT2D eigenvalue weighted by Crippen LogP contribution is -1.94. The molecule has 2 N–H and O–H groups in total. The van der Waals surface area contributed by atoms with Gasteiger partial charge in [-0.3, -0.25) is 10.1 Å². The van der Waals surface area contributed by atoms with Gasteiger partial charge in [-0.15, -0.1) is 0 Å². The second kappa shape index (κ2) is 5.26. The van der Waals surface area contributed by atoms with Crippen molar-refractivity contribution in [3.8, 4) is 0 Å². The topological polar surface area (TPSA) is 93.9 Å². The molecule has 0 aliphatic carbocycles. The SMILES string of the molecule is Cc1ccc(N=Nc2ccc(N)c([N+](=O)[O-])c2)cc1. The lowest BCUT2D eigenvalue weighted by molar-refractivity contribution is -0.383. The summed E-state index contributed by atoms with van der Waals surface area (Å²) < 4.78 is 0. The molecule has 0 amide bonds. The van der Waals surface area contributed by atoms with Gasteiger partial charge in [-0.1, -0.05) is 17.7 Å². The van der Waals surface area contributed by atoms with Crippen LogP contribution in [0.15, 0.2) is 52.7 Å². The first-order valence-corrected chi connectivity index (χ1v) is 5.58. The van der Waals surface area contributed by atoms with E-state index in [1.165, 1.54) is 12.1 Å². The minimum atomic E-state index is -0.541. The zero-order valence-corrected chi connectivity index (χ0v) is 10.3. The number of nitrogen functional groups attached to an aromatic ring is 1. The van der Waals surface area contributed by atoms with Crippen molar-refractivity contribution < 1.29 is 4.92 Å². The predicted molar refractivity (Wildman–Crippen MR) is 72.9 cm³/mol. The third-order valence-electron chi connectivity index (χ3n) is 2.53. The molecule has 6 nitrogen and oxygen atoms in total. The number of nitrogens with zero attached hydrogens (tertiary/aromatic N) is 3. The molecule has 0 aromatic heterocycles. The van der Waals surface area contributed by atoms with Gasteiger partial charge in [0, 0.05) is 6.07 Å². The Balaban J connectivity index is 2.26. The smallest absolute Gasteiger partial charge is 0.294 e. The maximum Gasteiger partial charge on any atom is 0.294 e. The number of aryl methyl sites for hydroxylation is 1. The van der Waals surface area contributed by atoms with E-state index in [-0.39, 0.29) is 11.4 Å². The Bertz CT molecular complexity index is 636. The van der Waals surface area contributed by atoms with Gasteiger partial charge in [0.2, 0.25) is 0 Å². The highest BCUT2D eigenvalue weighted by Crippen LogP contribution is 2.27. The van der Waals surface area contributed by atoms with Crippen molar-refractivity contribution in [1.29, 1.82) is 0 Å². The summed E-state index contributed by atoms with van der Waals surface area (Å²) in [5.74, 6) is 0. The molecule has 19 heavy (non-hydrogen) atoms. The molecule has 2 aromatic rings. The molecular formula is C13H12N4O2. The summed E-state index contributed by atoms with van der Waals surface area (Å²) in [6, 6.07) is 11.8. The van der Waals surface area contributed by atoms with E-state index in [0.717, 1.165) is 5.56 Å². The Kier molecular flexibility index (Phi) is 3.51. The highest BCUT2D eigenvalue weighted by molar-refractivity contribution is 5.63. The lowest BCUT2D eigenvalue weighted by Gasteiger charge is -1.98. The summed E-state index contributed by atoms with van der Waals surface area (Å²) in [6.07, 6.45) is 0. The van der Waals surface area contributed by atoms with Crippen molar-refractivity contribution >= 4 is 22.7 Å². The van der Waals surface area contributed by atoms with Gasteiger partial charge in [0.05, 0.1) is 16.3 Å². The molecule has 2 rings (SSSR count). The summed E-state index contributed by atoms with van der Waals surface area (Å²) in [4.78, 5) is 10.2. The predicted octanol–water partition coefficient (Wildman–Crippen LogP) is 3.90. The fourth-order valence-corrected chi connectivity index (χ4v) is 1.48. The number of nitro benzene ring substituents is 1. The number of benzene rings is 2. The number of azo groups is 1. The Morgan fingerprint density at radius 2 is 1.63 bits per heavy atom. The van der Waals surface area contributed by atoms with Gasteiger partial charge >= 0.3 is 0 Å². The molecule has 0 bridgehead atoms. The van der Waals surface area contributed by atoms with Crippen LogP contribution in [0.3, 0.4) is 0 Å². The van der Waals surface area contributed by atoms with Crippen molar-refractivity contribution in [2.24, 2.45) is 10.2 Å². The zero-order chi connectivity index (χ0) is 13.8. The minimum Gasteiger partial charge on any atom is -0.393 e. The van der Waals surface area contributed by atoms with E-state index in [4.69, 9.17) is 5.73 Å². The summed E-state index contributed by atoms with van der Waals surface area (Å²) in [5, 5.41) is 18.7. The van der Waals surface area contributed by atoms with Gasteiger partial charge in [-0.25, -0.2) is 0 Å². The van der Waals surface area contributed by atoms with E-state index >= 15 is 0 Å². The fraction of sp³-hybridized carbons (Fsp3) is 0.0769. The first-order valence-electron chi connectivity index (χ1n) is 5.58. The molecule has 0 heterocycles. The first kappa shape index (κ1) is 12.7. The maximum absolute atomic E-state index is 10.7. The summed E-state index contributed by atoms with van der Waals surface area (Å²) in [6.45, 7) is 1.98. The number of rotatable bonds is 3. The molecule has 96 valence electrons. The van der Waals surface area contributed by atoms with Gasteiger partial charge in [0.25, 0.3) is 5.69 Å². The number of anilines is 1. The van der Waals surface area contributed by atoms with Crippen LogP contribution in [0.25, 0.3) is 0 Å². The third-order valence-corrected chi connectivity index (χ3v) is 2.53. The van der Waals surface area contributed by atoms with Gasteiger partial charge in [0.1, 0.15) is 5.69 Å². The average Bonchev–Trinajstić information content (AvgIpc) is 2.39. The minimum absolute atomic E-state index is 0.110.